The van der Waals surface area contributed by atoms with Crippen LogP contribution in [0.5, 0.6) is 5.75 Å². The lowest BCUT2D eigenvalue weighted by Crippen LogP contribution is -2.43. The molecule has 1 aromatic heterocycles. The SMILES string of the molecule is CC(C)(CC(F)(F)F)C(=O)N1C[C@@H]2C[C@H]1c1cncc(C#N)c1O2. The van der Waals surface area contributed by atoms with Crippen LogP contribution in [0.15, 0.2) is 12.4 Å². The Morgan fingerprint density at radius 3 is 2.79 bits per heavy atom. The topological polar surface area (TPSA) is 66.2 Å². The number of rotatable bonds is 2. The number of fused-ring (bicyclic) bond motifs is 4. The largest absolute Gasteiger partial charge is 0.487 e. The summed E-state index contributed by atoms with van der Waals surface area (Å²) in [4.78, 5) is 18.2. The minimum atomic E-state index is -4.42. The van der Waals surface area contributed by atoms with Gasteiger partial charge in [0.05, 0.1) is 24.4 Å². The van der Waals surface area contributed by atoms with Crippen molar-refractivity contribution in [3.63, 3.8) is 0 Å². The second-order valence-electron chi connectivity index (χ2n) is 6.84. The van der Waals surface area contributed by atoms with Gasteiger partial charge in [-0.15, -0.1) is 0 Å². The number of ether oxygens (including phenoxy) is 1. The molecular weight excluding hydrogens is 323 g/mol. The van der Waals surface area contributed by atoms with Crippen molar-refractivity contribution in [3.05, 3.63) is 23.5 Å². The maximum atomic E-state index is 12.8. The van der Waals surface area contributed by atoms with Crippen LogP contribution in [0.3, 0.4) is 0 Å². The highest BCUT2D eigenvalue weighted by Gasteiger charge is 2.49. The van der Waals surface area contributed by atoms with Crippen molar-refractivity contribution in [1.29, 1.82) is 5.26 Å². The molecule has 24 heavy (non-hydrogen) atoms. The first-order valence-corrected chi connectivity index (χ1v) is 7.55. The minimum absolute atomic E-state index is 0.213. The molecule has 0 radical (unpaired) electrons. The Hall–Kier alpha value is -2.30. The number of aromatic nitrogens is 1. The molecule has 5 nitrogen and oxygen atoms in total. The Labute approximate surface area is 137 Å². The van der Waals surface area contributed by atoms with Crippen LogP contribution in [0.4, 0.5) is 13.2 Å². The number of alkyl halides is 3. The second-order valence-corrected chi connectivity index (χ2v) is 6.84. The van der Waals surface area contributed by atoms with Crippen molar-refractivity contribution >= 4 is 5.91 Å². The first kappa shape index (κ1) is 16.6. The van der Waals surface area contributed by atoms with E-state index in [1.807, 2.05) is 6.07 Å². The molecule has 0 aromatic carbocycles. The van der Waals surface area contributed by atoms with Gasteiger partial charge in [-0.2, -0.15) is 18.4 Å². The number of halogens is 3. The summed E-state index contributed by atoms with van der Waals surface area (Å²) in [6.45, 7) is 2.82. The van der Waals surface area contributed by atoms with E-state index in [0.717, 1.165) is 0 Å². The van der Waals surface area contributed by atoms with Gasteiger partial charge in [0.2, 0.25) is 5.91 Å². The van der Waals surface area contributed by atoms with Gasteiger partial charge in [0, 0.05) is 24.4 Å². The Morgan fingerprint density at radius 2 is 2.17 bits per heavy atom. The molecule has 1 amide bonds. The van der Waals surface area contributed by atoms with Crippen LogP contribution in [-0.2, 0) is 4.79 Å². The molecule has 0 N–H and O–H groups in total. The van der Waals surface area contributed by atoms with Crippen LogP contribution in [0.1, 0.15) is 43.9 Å². The standard InChI is InChI=1S/C16H16F3N3O2/c1-15(2,8-16(17,18)19)14(23)22-7-10-3-12(22)11-6-21-5-9(4-20)13(11)24-10/h5-6,10,12H,3,7-8H2,1-2H3/t10-,12-/m0/s1. The summed E-state index contributed by atoms with van der Waals surface area (Å²) < 4.78 is 44.0. The molecular formula is C16H16F3N3O2. The number of carbonyl (C=O) groups excluding carboxylic acids is 1. The number of amides is 1. The third-order valence-corrected chi connectivity index (χ3v) is 4.43. The highest BCUT2D eigenvalue weighted by atomic mass is 19.4. The molecule has 1 aromatic rings. The van der Waals surface area contributed by atoms with Crippen LogP contribution in [0, 0.1) is 16.7 Å². The van der Waals surface area contributed by atoms with Gasteiger partial charge in [-0.05, 0) is 0 Å². The quantitative estimate of drug-likeness (QED) is 0.831. The van der Waals surface area contributed by atoms with Gasteiger partial charge in [-0.25, -0.2) is 0 Å². The maximum absolute atomic E-state index is 12.8. The van der Waals surface area contributed by atoms with E-state index in [1.54, 1.807) is 0 Å². The van der Waals surface area contributed by atoms with Crippen LogP contribution in [0.25, 0.3) is 0 Å². The second kappa shape index (κ2) is 5.36. The average Bonchev–Trinajstić information content (AvgIpc) is 2.81. The van der Waals surface area contributed by atoms with E-state index in [0.29, 0.717) is 17.7 Å². The van der Waals surface area contributed by atoms with Crippen LogP contribution >= 0.6 is 0 Å². The monoisotopic (exact) mass is 339 g/mol. The van der Waals surface area contributed by atoms with Gasteiger partial charge in [-0.3, -0.25) is 9.78 Å². The molecule has 0 aliphatic carbocycles. The van der Waals surface area contributed by atoms with Crippen LogP contribution in [-0.4, -0.2) is 34.6 Å². The molecule has 3 rings (SSSR count). The highest BCUT2D eigenvalue weighted by Crippen LogP contribution is 2.46. The molecule has 2 atom stereocenters. The fourth-order valence-corrected chi connectivity index (χ4v) is 3.45. The summed E-state index contributed by atoms with van der Waals surface area (Å²) in [5.41, 5.74) is -0.708. The normalized spacial score (nSPS) is 22.6. The average molecular weight is 339 g/mol. The summed E-state index contributed by atoms with van der Waals surface area (Å²) >= 11 is 0. The highest BCUT2D eigenvalue weighted by molar-refractivity contribution is 5.83. The number of hydrogen-bond acceptors (Lipinski definition) is 4. The Kier molecular flexibility index (Phi) is 3.70. The lowest BCUT2D eigenvalue weighted by atomic mass is 9.86. The number of pyridine rings is 1. The number of hydrogen-bond donors (Lipinski definition) is 0. The first-order valence-electron chi connectivity index (χ1n) is 7.55. The van der Waals surface area contributed by atoms with E-state index in [4.69, 9.17) is 10.00 Å². The van der Waals surface area contributed by atoms with Gasteiger partial charge in [0.25, 0.3) is 0 Å². The van der Waals surface area contributed by atoms with E-state index >= 15 is 0 Å². The molecule has 2 bridgehead atoms. The van der Waals surface area contributed by atoms with Crippen molar-refractivity contribution in [3.8, 4) is 11.8 Å². The molecule has 8 heteroatoms. The molecule has 128 valence electrons. The molecule has 3 heterocycles. The number of likely N-dealkylation sites (tertiary alicyclic amines) is 1. The summed E-state index contributed by atoms with van der Waals surface area (Å²) in [6.07, 6.45) is -2.53. The van der Waals surface area contributed by atoms with Crippen molar-refractivity contribution in [2.75, 3.05) is 6.54 Å². The summed E-state index contributed by atoms with van der Waals surface area (Å²) in [6, 6.07) is 1.59. The van der Waals surface area contributed by atoms with Crippen molar-refractivity contribution in [2.45, 2.75) is 45.0 Å². The molecule has 2 aliphatic heterocycles. The van der Waals surface area contributed by atoms with E-state index in [2.05, 4.69) is 4.98 Å². The zero-order chi connectivity index (χ0) is 17.7. The Balaban J connectivity index is 1.92. The van der Waals surface area contributed by atoms with Gasteiger partial charge < -0.3 is 9.64 Å². The maximum Gasteiger partial charge on any atom is 0.390 e. The van der Waals surface area contributed by atoms with Crippen LogP contribution in [0.2, 0.25) is 0 Å². The van der Waals surface area contributed by atoms with Crippen molar-refractivity contribution < 1.29 is 22.7 Å². The molecule has 2 aliphatic rings. The van der Waals surface area contributed by atoms with Gasteiger partial charge in [-0.1, -0.05) is 13.8 Å². The fourth-order valence-electron chi connectivity index (χ4n) is 3.45. The van der Waals surface area contributed by atoms with E-state index in [1.165, 1.54) is 31.1 Å². The van der Waals surface area contributed by atoms with Gasteiger partial charge >= 0.3 is 6.18 Å². The number of nitrogens with zero attached hydrogens (tertiary/aromatic N) is 3. The predicted molar refractivity (Wildman–Crippen MR) is 76.9 cm³/mol. The zero-order valence-electron chi connectivity index (χ0n) is 13.2. The zero-order valence-corrected chi connectivity index (χ0v) is 13.2. The Bertz CT molecular complexity index is 724. The lowest BCUT2D eigenvalue weighted by Gasteiger charge is -2.33. The smallest absolute Gasteiger partial charge is 0.390 e. The van der Waals surface area contributed by atoms with E-state index in [-0.39, 0.29) is 18.2 Å². The van der Waals surface area contributed by atoms with E-state index in [9.17, 15) is 18.0 Å². The van der Waals surface area contributed by atoms with Crippen molar-refractivity contribution in [2.24, 2.45) is 5.41 Å². The van der Waals surface area contributed by atoms with Crippen LogP contribution < -0.4 is 4.74 Å². The van der Waals surface area contributed by atoms with Gasteiger partial charge in [0.1, 0.15) is 23.5 Å². The molecule has 0 spiro atoms. The Morgan fingerprint density at radius 1 is 1.46 bits per heavy atom. The molecule has 0 saturated carbocycles. The summed E-state index contributed by atoms with van der Waals surface area (Å²) in [7, 11) is 0. The number of carbonyl (C=O) groups is 1. The third kappa shape index (κ3) is 2.79. The van der Waals surface area contributed by atoms with Gasteiger partial charge in [0.15, 0.2) is 0 Å². The number of nitriles is 1. The predicted octanol–water partition coefficient (Wildman–Crippen LogP) is 2.97. The molecule has 1 fully saturated rings. The lowest BCUT2D eigenvalue weighted by molar-refractivity contribution is -0.170. The molecule has 0 unspecified atom stereocenters. The third-order valence-electron chi connectivity index (χ3n) is 4.43. The summed E-state index contributed by atoms with van der Waals surface area (Å²) in [5.74, 6) is -0.177. The van der Waals surface area contributed by atoms with Crippen molar-refractivity contribution in [1.82, 2.24) is 9.88 Å². The molecule has 1 saturated heterocycles. The fraction of sp³-hybridized carbons (Fsp3) is 0.562. The summed E-state index contributed by atoms with van der Waals surface area (Å²) in [5, 5.41) is 9.14. The van der Waals surface area contributed by atoms with E-state index < -0.39 is 30.0 Å². The minimum Gasteiger partial charge on any atom is -0.487 e. The first-order chi connectivity index (χ1) is 11.1.